The van der Waals surface area contributed by atoms with Gasteiger partial charge in [-0.15, -0.1) is 23.0 Å². The van der Waals surface area contributed by atoms with Crippen LogP contribution in [0.15, 0.2) is 55.4 Å². The topological polar surface area (TPSA) is 113 Å². The monoisotopic (exact) mass is 485 g/mol. The Morgan fingerprint density at radius 2 is 2.15 bits per heavy atom. The number of benzene rings is 1. The number of aromatic nitrogens is 4. The van der Waals surface area contributed by atoms with Gasteiger partial charge in [0.05, 0.1) is 16.6 Å². The summed E-state index contributed by atoms with van der Waals surface area (Å²) in [5.74, 6) is -0.901. The Balaban J connectivity index is 1.53. The number of carbonyl (C=O) groups is 3. The zero-order valence-electron chi connectivity index (χ0n) is 17.6. The number of nitrogens with one attached hydrogen (secondary N) is 1. The number of nitrogens with zero attached hydrogens (tertiary/aromatic N) is 6. The maximum atomic E-state index is 13.3. The summed E-state index contributed by atoms with van der Waals surface area (Å²) in [5.41, 5.74) is -0.173. The van der Waals surface area contributed by atoms with Crippen LogP contribution in [0.2, 0.25) is 4.34 Å². The maximum Gasteiger partial charge on any atom is 0.325 e. The SMILES string of the molecule is C=CCN(Cc1ccc(Cl)s1)C(=O)CN1C(=O)N[C@@](C)(c2cccc(-n3cnnn3)c2)C1=O. The second kappa shape index (κ2) is 9.12. The lowest BCUT2D eigenvalue weighted by Gasteiger charge is -2.24. The summed E-state index contributed by atoms with van der Waals surface area (Å²) in [6.45, 7) is 5.47. The molecule has 0 spiro atoms. The van der Waals surface area contributed by atoms with Crippen molar-refractivity contribution in [3.05, 3.63) is 70.2 Å². The van der Waals surface area contributed by atoms with Crippen molar-refractivity contribution in [1.29, 1.82) is 0 Å². The van der Waals surface area contributed by atoms with E-state index in [0.29, 0.717) is 22.1 Å². The van der Waals surface area contributed by atoms with Crippen molar-refractivity contribution in [3.8, 4) is 5.69 Å². The van der Waals surface area contributed by atoms with Crippen molar-refractivity contribution in [2.24, 2.45) is 0 Å². The zero-order valence-corrected chi connectivity index (χ0v) is 19.2. The first kappa shape index (κ1) is 22.6. The van der Waals surface area contributed by atoms with Gasteiger partial charge in [-0.2, -0.15) is 0 Å². The highest BCUT2D eigenvalue weighted by Gasteiger charge is 2.49. The second-order valence-electron chi connectivity index (χ2n) is 7.52. The van der Waals surface area contributed by atoms with Gasteiger partial charge in [0, 0.05) is 11.4 Å². The molecule has 1 N–H and O–H groups in total. The number of imide groups is 1. The molecule has 0 unspecified atom stereocenters. The number of hydrogen-bond acceptors (Lipinski definition) is 7. The van der Waals surface area contributed by atoms with Gasteiger partial charge in [0.2, 0.25) is 5.91 Å². The molecule has 1 fully saturated rings. The van der Waals surface area contributed by atoms with E-state index >= 15 is 0 Å². The highest BCUT2D eigenvalue weighted by atomic mass is 35.5. The van der Waals surface area contributed by atoms with Crippen LogP contribution in [-0.4, -0.2) is 60.9 Å². The van der Waals surface area contributed by atoms with Crippen molar-refractivity contribution < 1.29 is 14.4 Å². The number of halogens is 1. The van der Waals surface area contributed by atoms with E-state index in [-0.39, 0.29) is 19.0 Å². The van der Waals surface area contributed by atoms with Gasteiger partial charge in [-0.1, -0.05) is 29.8 Å². The van der Waals surface area contributed by atoms with Gasteiger partial charge < -0.3 is 10.2 Å². The van der Waals surface area contributed by atoms with Gasteiger partial charge >= 0.3 is 6.03 Å². The molecule has 10 nitrogen and oxygen atoms in total. The molecule has 12 heteroatoms. The lowest BCUT2D eigenvalue weighted by atomic mass is 9.91. The Hall–Kier alpha value is -3.57. The van der Waals surface area contributed by atoms with E-state index in [1.165, 1.54) is 27.2 Å². The van der Waals surface area contributed by atoms with Crippen LogP contribution in [0.3, 0.4) is 0 Å². The van der Waals surface area contributed by atoms with Crippen molar-refractivity contribution in [2.45, 2.75) is 19.0 Å². The number of amides is 4. The Labute approximate surface area is 198 Å². The third kappa shape index (κ3) is 4.50. The molecule has 3 heterocycles. The molecule has 1 aromatic carbocycles. The Morgan fingerprint density at radius 1 is 1.33 bits per heavy atom. The van der Waals surface area contributed by atoms with Crippen molar-refractivity contribution in [2.75, 3.05) is 13.1 Å². The third-order valence-corrected chi connectivity index (χ3v) is 6.50. The lowest BCUT2D eigenvalue weighted by molar-refractivity contribution is -0.138. The van der Waals surface area contributed by atoms with Gasteiger partial charge in [0.25, 0.3) is 5.91 Å². The first-order valence-electron chi connectivity index (χ1n) is 9.92. The highest BCUT2D eigenvalue weighted by Crippen LogP contribution is 2.30. The summed E-state index contributed by atoms with van der Waals surface area (Å²) in [5, 5.41) is 13.8. The first-order valence-corrected chi connectivity index (χ1v) is 11.1. The molecule has 0 bridgehead atoms. The Bertz CT molecular complexity index is 1210. The molecule has 4 amide bonds. The van der Waals surface area contributed by atoms with E-state index < -0.39 is 17.5 Å². The molecule has 1 atom stereocenters. The molecule has 170 valence electrons. The predicted molar refractivity (Wildman–Crippen MR) is 122 cm³/mol. The third-order valence-electron chi connectivity index (χ3n) is 5.28. The van der Waals surface area contributed by atoms with Crippen molar-refractivity contribution >= 4 is 40.8 Å². The molecule has 0 saturated carbocycles. The van der Waals surface area contributed by atoms with Crippen LogP contribution in [0.25, 0.3) is 5.69 Å². The molecule has 1 aliphatic rings. The minimum atomic E-state index is -1.34. The van der Waals surface area contributed by atoms with Crippen LogP contribution < -0.4 is 5.32 Å². The van der Waals surface area contributed by atoms with Crippen LogP contribution in [0.1, 0.15) is 17.4 Å². The number of hydrogen-bond donors (Lipinski definition) is 1. The first-order chi connectivity index (χ1) is 15.8. The predicted octanol–water partition coefficient (Wildman–Crippen LogP) is 2.36. The summed E-state index contributed by atoms with van der Waals surface area (Å²) in [4.78, 5) is 42.4. The summed E-state index contributed by atoms with van der Waals surface area (Å²) in [6.07, 6.45) is 3.02. The molecule has 2 aromatic heterocycles. The summed E-state index contributed by atoms with van der Waals surface area (Å²) < 4.78 is 2.06. The number of urea groups is 1. The summed E-state index contributed by atoms with van der Waals surface area (Å²) in [7, 11) is 0. The fourth-order valence-electron chi connectivity index (χ4n) is 3.55. The number of tetrazole rings is 1. The summed E-state index contributed by atoms with van der Waals surface area (Å²) in [6, 6.07) is 9.90. The van der Waals surface area contributed by atoms with Crippen molar-refractivity contribution in [1.82, 2.24) is 35.3 Å². The van der Waals surface area contributed by atoms with Crippen molar-refractivity contribution in [3.63, 3.8) is 0 Å². The number of carbonyl (C=O) groups excluding carboxylic acids is 3. The van der Waals surface area contributed by atoms with Gasteiger partial charge in [-0.05, 0) is 47.2 Å². The number of rotatable bonds is 8. The van der Waals surface area contributed by atoms with E-state index in [1.54, 1.807) is 43.3 Å². The number of thiophene rings is 1. The highest BCUT2D eigenvalue weighted by molar-refractivity contribution is 7.16. The molecule has 1 saturated heterocycles. The average Bonchev–Trinajstić information content (AvgIpc) is 3.52. The fraction of sp³-hybridized carbons (Fsp3) is 0.238. The maximum absolute atomic E-state index is 13.3. The van der Waals surface area contributed by atoms with Gasteiger partial charge in [0.15, 0.2) is 0 Å². The molecule has 0 radical (unpaired) electrons. The molecule has 0 aliphatic carbocycles. The van der Waals surface area contributed by atoms with E-state index in [4.69, 9.17) is 11.6 Å². The van der Waals surface area contributed by atoms with E-state index in [1.807, 2.05) is 6.07 Å². The normalized spacial score (nSPS) is 17.8. The Kier molecular flexibility index (Phi) is 6.25. The molecule has 1 aliphatic heterocycles. The van der Waals surface area contributed by atoms with Crippen LogP contribution >= 0.6 is 22.9 Å². The molecule has 4 rings (SSSR count). The van der Waals surface area contributed by atoms with E-state index in [2.05, 4.69) is 27.4 Å². The minimum Gasteiger partial charge on any atom is -0.332 e. The van der Waals surface area contributed by atoms with Gasteiger partial charge in [0.1, 0.15) is 18.4 Å². The van der Waals surface area contributed by atoms with Gasteiger partial charge in [-0.3, -0.25) is 14.5 Å². The van der Waals surface area contributed by atoms with Crippen LogP contribution in [0.5, 0.6) is 0 Å². The quantitative estimate of drug-likeness (QED) is 0.387. The minimum absolute atomic E-state index is 0.267. The molecule has 33 heavy (non-hydrogen) atoms. The van der Waals surface area contributed by atoms with Crippen LogP contribution in [-0.2, 0) is 21.7 Å². The fourth-order valence-corrected chi connectivity index (χ4v) is 4.65. The standard InChI is InChI=1S/C21H20ClN7O3S/c1-3-9-27(11-16-7-8-17(22)33-16)18(30)12-28-19(31)21(2,24-20(28)32)14-5-4-6-15(10-14)29-13-23-25-26-29/h3-8,10,13H,1,9,11-12H2,2H3,(H,24,32)/t21-/m0/s1. The molecular formula is C21H20ClN7O3S. The molecular weight excluding hydrogens is 466 g/mol. The van der Waals surface area contributed by atoms with Crippen LogP contribution in [0, 0.1) is 0 Å². The van der Waals surface area contributed by atoms with Gasteiger partial charge in [-0.25, -0.2) is 9.48 Å². The largest absolute Gasteiger partial charge is 0.332 e. The molecule has 3 aromatic rings. The van der Waals surface area contributed by atoms with E-state index in [0.717, 1.165) is 9.78 Å². The lowest BCUT2D eigenvalue weighted by Crippen LogP contribution is -2.44. The van der Waals surface area contributed by atoms with E-state index in [9.17, 15) is 14.4 Å². The average molecular weight is 486 g/mol. The zero-order chi connectivity index (χ0) is 23.6. The second-order valence-corrected chi connectivity index (χ2v) is 9.32. The smallest absolute Gasteiger partial charge is 0.325 e. The van der Waals surface area contributed by atoms with Crippen LogP contribution in [0.4, 0.5) is 4.79 Å². The summed E-state index contributed by atoms with van der Waals surface area (Å²) >= 11 is 7.35. The Morgan fingerprint density at radius 3 is 2.82 bits per heavy atom.